The second kappa shape index (κ2) is 9.81. The highest BCUT2D eigenvalue weighted by atomic mass is 16.6. The lowest BCUT2D eigenvalue weighted by Gasteiger charge is -2.10. The third-order valence-electron chi connectivity index (χ3n) is 2.79. The number of benzene rings is 1. The molecule has 22 heavy (non-hydrogen) atoms. The minimum atomic E-state index is -0.644. The van der Waals surface area contributed by atoms with E-state index in [0.717, 1.165) is 23.4 Å². The van der Waals surface area contributed by atoms with E-state index in [2.05, 4.69) is 16.8 Å². The Kier molecular flexibility index (Phi) is 8.03. The Bertz CT molecular complexity index is 474. The minimum Gasteiger partial charge on any atom is -0.494 e. The van der Waals surface area contributed by atoms with Gasteiger partial charge in [0.05, 0.1) is 20.3 Å². The maximum absolute atomic E-state index is 11.3. The molecule has 1 rings (SSSR count). The van der Waals surface area contributed by atoms with E-state index in [-0.39, 0.29) is 0 Å². The third kappa shape index (κ3) is 7.10. The van der Waals surface area contributed by atoms with Crippen molar-refractivity contribution in [2.45, 2.75) is 25.8 Å². The number of carbonyl (C=O) groups is 1. The van der Waals surface area contributed by atoms with Crippen molar-refractivity contribution in [1.82, 2.24) is 5.48 Å². The van der Waals surface area contributed by atoms with Crippen LogP contribution in [0.15, 0.2) is 36.5 Å². The van der Waals surface area contributed by atoms with E-state index in [4.69, 9.17) is 15.3 Å². The summed E-state index contributed by atoms with van der Waals surface area (Å²) >= 11 is 0. The average Bonchev–Trinajstić information content (AvgIpc) is 2.51. The van der Waals surface area contributed by atoms with Crippen LogP contribution < -0.4 is 16.0 Å². The van der Waals surface area contributed by atoms with E-state index < -0.39 is 12.0 Å². The molecule has 6 nitrogen and oxygen atoms in total. The Hall–Kier alpha value is -2.05. The molecule has 1 aromatic rings. The van der Waals surface area contributed by atoms with Crippen LogP contribution in [-0.2, 0) is 20.8 Å². The van der Waals surface area contributed by atoms with Gasteiger partial charge in [0, 0.05) is 12.1 Å². The zero-order valence-corrected chi connectivity index (χ0v) is 13.1. The first kappa shape index (κ1) is 18.0. The van der Waals surface area contributed by atoms with Crippen LogP contribution in [0.4, 0.5) is 0 Å². The van der Waals surface area contributed by atoms with Crippen molar-refractivity contribution >= 4 is 5.97 Å². The van der Waals surface area contributed by atoms with Gasteiger partial charge in [-0.2, -0.15) is 0 Å². The summed E-state index contributed by atoms with van der Waals surface area (Å²) in [5, 5.41) is 0. The lowest BCUT2D eigenvalue weighted by atomic mass is 10.1. The SMILES string of the molecule is C=C(C)NOCCCOc1ccc(CC(N)C(=O)OC)cc1. The van der Waals surface area contributed by atoms with Crippen molar-refractivity contribution in [2.24, 2.45) is 5.73 Å². The van der Waals surface area contributed by atoms with Crippen LogP contribution in [0.5, 0.6) is 5.75 Å². The van der Waals surface area contributed by atoms with Gasteiger partial charge in [0.1, 0.15) is 11.8 Å². The van der Waals surface area contributed by atoms with Gasteiger partial charge in [-0.3, -0.25) is 15.1 Å². The molecule has 0 bridgehead atoms. The first-order valence-corrected chi connectivity index (χ1v) is 7.11. The molecule has 0 amide bonds. The van der Waals surface area contributed by atoms with E-state index in [9.17, 15) is 4.79 Å². The summed E-state index contributed by atoms with van der Waals surface area (Å²) in [6.07, 6.45) is 1.20. The van der Waals surface area contributed by atoms with Gasteiger partial charge >= 0.3 is 5.97 Å². The molecular formula is C16H24N2O4. The van der Waals surface area contributed by atoms with E-state index in [0.29, 0.717) is 19.6 Å². The molecule has 0 heterocycles. The number of ether oxygens (including phenoxy) is 2. The van der Waals surface area contributed by atoms with Crippen LogP contribution in [0.1, 0.15) is 18.9 Å². The Morgan fingerprint density at radius 1 is 1.32 bits per heavy atom. The Labute approximate surface area is 131 Å². The molecule has 0 aromatic heterocycles. The molecule has 6 heteroatoms. The number of hydroxylamine groups is 1. The van der Waals surface area contributed by atoms with Crippen LogP contribution >= 0.6 is 0 Å². The van der Waals surface area contributed by atoms with Gasteiger partial charge < -0.3 is 15.2 Å². The van der Waals surface area contributed by atoms with Gasteiger partial charge in [-0.05, 0) is 31.0 Å². The van der Waals surface area contributed by atoms with Gasteiger partial charge in [-0.15, -0.1) is 0 Å². The van der Waals surface area contributed by atoms with Crippen molar-refractivity contribution in [3.63, 3.8) is 0 Å². The third-order valence-corrected chi connectivity index (χ3v) is 2.79. The number of hydrogen-bond donors (Lipinski definition) is 2. The smallest absolute Gasteiger partial charge is 0.322 e. The fourth-order valence-corrected chi connectivity index (χ4v) is 1.71. The topological polar surface area (TPSA) is 82.8 Å². The summed E-state index contributed by atoms with van der Waals surface area (Å²) in [5.74, 6) is 0.354. The number of nitrogens with one attached hydrogen (secondary N) is 1. The quantitative estimate of drug-likeness (QED) is 0.388. The normalized spacial score (nSPS) is 11.6. The highest BCUT2D eigenvalue weighted by molar-refractivity contribution is 5.75. The van der Waals surface area contributed by atoms with Crippen LogP contribution in [0, 0.1) is 0 Å². The predicted molar refractivity (Wildman–Crippen MR) is 84.2 cm³/mol. The molecule has 122 valence electrons. The van der Waals surface area contributed by atoms with Gasteiger partial charge in [-0.1, -0.05) is 18.7 Å². The summed E-state index contributed by atoms with van der Waals surface area (Å²) in [4.78, 5) is 16.4. The molecule has 1 aromatic carbocycles. The Morgan fingerprint density at radius 2 is 2.00 bits per heavy atom. The lowest BCUT2D eigenvalue weighted by molar-refractivity contribution is -0.142. The maximum atomic E-state index is 11.3. The number of carbonyl (C=O) groups excluding carboxylic acids is 1. The number of methoxy groups -OCH3 is 1. The minimum absolute atomic E-state index is 0.413. The van der Waals surface area contributed by atoms with Crippen molar-refractivity contribution in [3.8, 4) is 5.75 Å². The molecule has 0 aliphatic heterocycles. The molecule has 0 saturated carbocycles. The van der Waals surface area contributed by atoms with Crippen molar-refractivity contribution in [3.05, 3.63) is 42.1 Å². The lowest BCUT2D eigenvalue weighted by Crippen LogP contribution is -2.33. The highest BCUT2D eigenvalue weighted by Gasteiger charge is 2.13. The summed E-state index contributed by atoms with van der Waals surface area (Å²) in [7, 11) is 1.33. The van der Waals surface area contributed by atoms with E-state index in [1.165, 1.54) is 7.11 Å². The summed E-state index contributed by atoms with van der Waals surface area (Å²) in [5.41, 5.74) is 10.1. The highest BCUT2D eigenvalue weighted by Crippen LogP contribution is 2.13. The van der Waals surface area contributed by atoms with Gasteiger partial charge in [0.25, 0.3) is 0 Å². The van der Waals surface area contributed by atoms with Gasteiger partial charge in [0.2, 0.25) is 0 Å². The number of rotatable bonds is 10. The van der Waals surface area contributed by atoms with Gasteiger partial charge in [0.15, 0.2) is 0 Å². The summed E-state index contributed by atoms with van der Waals surface area (Å²) in [6.45, 7) is 6.58. The zero-order chi connectivity index (χ0) is 16.4. The van der Waals surface area contributed by atoms with E-state index in [1.54, 1.807) is 0 Å². The van der Waals surface area contributed by atoms with Crippen molar-refractivity contribution in [1.29, 1.82) is 0 Å². The molecule has 0 radical (unpaired) electrons. The second-order valence-electron chi connectivity index (χ2n) is 4.91. The Morgan fingerprint density at radius 3 is 2.59 bits per heavy atom. The number of allylic oxidation sites excluding steroid dienone is 1. The molecular weight excluding hydrogens is 284 g/mol. The second-order valence-corrected chi connectivity index (χ2v) is 4.91. The summed E-state index contributed by atoms with van der Waals surface area (Å²) < 4.78 is 10.2. The number of hydrogen-bond acceptors (Lipinski definition) is 6. The van der Waals surface area contributed by atoms with Crippen LogP contribution in [-0.4, -0.2) is 32.3 Å². The largest absolute Gasteiger partial charge is 0.494 e. The standard InChI is InChI=1S/C16H24N2O4/c1-12(2)18-22-10-4-9-21-14-7-5-13(6-8-14)11-15(17)16(19)20-3/h5-8,15,18H,1,4,9-11,17H2,2-3H3. The molecule has 3 N–H and O–H groups in total. The first-order chi connectivity index (χ1) is 10.5. The molecule has 0 fully saturated rings. The van der Waals surface area contributed by atoms with Crippen molar-refractivity contribution < 1.29 is 19.1 Å². The molecule has 1 atom stereocenters. The number of nitrogens with two attached hydrogens (primary N) is 1. The molecule has 0 aliphatic carbocycles. The predicted octanol–water partition coefficient (Wildman–Crippen LogP) is 1.55. The molecule has 0 spiro atoms. The Balaban J connectivity index is 2.27. The molecule has 1 unspecified atom stereocenters. The average molecular weight is 308 g/mol. The van der Waals surface area contributed by atoms with Crippen molar-refractivity contribution in [2.75, 3.05) is 20.3 Å². The fourth-order valence-electron chi connectivity index (χ4n) is 1.71. The monoisotopic (exact) mass is 308 g/mol. The van der Waals surface area contributed by atoms with Crippen LogP contribution in [0.2, 0.25) is 0 Å². The number of esters is 1. The fraction of sp³-hybridized carbons (Fsp3) is 0.438. The molecule has 0 saturated heterocycles. The summed E-state index contributed by atoms with van der Waals surface area (Å²) in [6, 6.07) is 6.84. The van der Waals surface area contributed by atoms with E-state index >= 15 is 0 Å². The molecule has 0 aliphatic rings. The van der Waals surface area contributed by atoms with Gasteiger partial charge in [-0.25, -0.2) is 0 Å². The first-order valence-electron chi connectivity index (χ1n) is 7.11. The van der Waals surface area contributed by atoms with Crippen LogP contribution in [0.3, 0.4) is 0 Å². The van der Waals surface area contributed by atoms with Crippen LogP contribution in [0.25, 0.3) is 0 Å². The maximum Gasteiger partial charge on any atom is 0.322 e. The van der Waals surface area contributed by atoms with E-state index in [1.807, 2.05) is 31.2 Å². The zero-order valence-electron chi connectivity index (χ0n) is 13.1.